The van der Waals surface area contributed by atoms with Crippen LogP contribution >= 0.6 is 0 Å². The number of rotatable bonds is 4. The van der Waals surface area contributed by atoms with Gasteiger partial charge < -0.3 is 9.47 Å². The lowest BCUT2D eigenvalue weighted by Crippen LogP contribution is -2.37. The molecule has 6 heteroatoms. The summed E-state index contributed by atoms with van der Waals surface area (Å²) < 4.78 is 9.52. The molecule has 0 aromatic heterocycles. The fraction of sp³-hybridized carbons (Fsp3) is 0.800. The van der Waals surface area contributed by atoms with Crippen LogP contribution in [0, 0.1) is 0 Å². The number of amides is 1. The van der Waals surface area contributed by atoms with E-state index in [1.165, 1.54) is 14.2 Å². The Balaban J connectivity index is 4.17. The van der Waals surface area contributed by atoms with Gasteiger partial charge in [-0.05, 0) is 20.8 Å². The van der Waals surface area contributed by atoms with E-state index in [9.17, 15) is 9.59 Å². The number of nitrogens with zero attached hydrogens (tertiary/aromatic N) is 1. The monoisotopic (exact) mass is 233 g/mol. The Morgan fingerprint density at radius 2 is 1.75 bits per heavy atom. The van der Waals surface area contributed by atoms with Crippen molar-refractivity contribution in [2.45, 2.75) is 32.8 Å². The standard InChI is InChI=1S/C10H19NO5/c1-10(2,3)16-9(13)11(15-5)7-6-8(12)14-4/h6-7H2,1-5H3. The number of carbonyl (C=O) groups excluding carboxylic acids is 2. The van der Waals surface area contributed by atoms with E-state index in [0.717, 1.165) is 5.06 Å². The minimum atomic E-state index is -0.626. The smallest absolute Gasteiger partial charge is 0.434 e. The quantitative estimate of drug-likeness (QED) is 0.541. The summed E-state index contributed by atoms with van der Waals surface area (Å²) in [6, 6.07) is 0. The maximum Gasteiger partial charge on any atom is 0.434 e. The van der Waals surface area contributed by atoms with Crippen molar-refractivity contribution in [1.29, 1.82) is 0 Å². The second kappa shape index (κ2) is 6.32. The molecule has 0 N–H and O–H groups in total. The van der Waals surface area contributed by atoms with Crippen LogP contribution in [-0.4, -0.2) is 43.5 Å². The average Bonchev–Trinajstić information content (AvgIpc) is 2.15. The van der Waals surface area contributed by atoms with Crippen LogP contribution in [0.1, 0.15) is 27.2 Å². The van der Waals surface area contributed by atoms with Gasteiger partial charge in [-0.3, -0.25) is 9.63 Å². The normalized spacial score (nSPS) is 10.8. The van der Waals surface area contributed by atoms with Crippen molar-refractivity contribution < 1.29 is 23.9 Å². The molecule has 0 fully saturated rings. The van der Waals surface area contributed by atoms with E-state index in [0.29, 0.717) is 0 Å². The lowest BCUT2D eigenvalue weighted by Gasteiger charge is -2.25. The molecule has 0 spiro atoms. The van der Waals surface area contributed by atoms with Crippen molar-refractivity contribution in [1.82, 2.24) is 5.06 Å². The Kier molecular flexibility index (Phi) is 5.81. The van der Waals surface area contributed by atoms with E-state index in [4.69, 9.17) is 9.57 Å². The zero-order valence-corrected chi connectivity index (χ0v) is 10.4. The number of hydrogen-bond donors (Lipinski definition) is 0. The molecular formula is C10H19NO5. The van der Waals surface area contributed by atoms with Gasteiger partial charge in [-0.2, -0.15) is 5.06 Å². The molecule has 0 aliphatic rings. The van der Waals surface area contributed by atoms with E-state index in [1.807, 2.05) is 0 Å². The van der Waals surface area contributed by atoms with Crippen LogP contribution in [0.15, 0.2) is 0 Å². The Bertz CT molecular complexity index is 246. The molecule has 0 radical (unpaired) electrons. The molecule has 0 heterocycles. The number of hydroxylamine groups is 2. The van der Waals surface area contributed by atoms with Gasteiger partial charge in [-0.15, -0.1) is 0 Å². The number of hydrogen-bond acceptors (Lipinski definition) is 5. The molecule has 0 aromatic carbocycles. The van der Waals surface area contributed by atoms with Crippen molar-refractivity contribution in [3.63, 3.8) is 0 Å². The molecule has 0 aliphatic heterocycles. The van der Waals surface area contributed by atoms with Crippen molar-refractivity contribution >= 4 is 12.1 Å². The highest BCUT2D eigenvalue weighted by Gasteiger charge is 2.22. The Labute approximate surface area is 95.4 Å². The summed E-state index contributed by atoms with van der Waals surface area (Å²) in [6.45, 7) is 5.34. The topological polar surface area (TPSA) is 65.1 Å². The van der Waals surface area contributed by atoms with Crippen molar-refractivity contribution in [3.05, 3.63) is 0 Å². The zero-order valence-electron chi connectivity index (χ0n) is 10.4. The van der Waals surface area contributed by atoms with E-state index in [1.54, 1.807) is 20.8 Å². The molecule has 6 nitrogen and oxygen atoms in total. The Hall–Kier alpha value is -1.30. The van der Waals surface area contributed by atoms with Gasteiger partial charge in [0.05, 0.1) is 27.2 Å². The van der Waals surface area contributed by atoms with Crippen molar-refractivity contribution in [2.24, 2.45) is 0 Å². The van der Waals surface area contributed by atoms with Gasteiger partial charge in [-0.1, -0.05) is 0 Å². The van der Waals surface area contributed by atoms with E-state index >= 15 is 0 Å². The van der Waals surface area contributed by atoms with E-state index < -0.39 is 17.7 Å². The summed E-state index contributed by atoms with van der Waals surface area (Å²) in [7, 11) is 2.62. The second-order valence-corrected chi connectivity index (χ2v) is 4.09. The first-order valence-electron chi connectivity index (χ1n) is 4.91. The summed E-state index contributed by atoms with van der Waals surface area (Å²) in [5.74, 6) is -0.411. The van der Waals surface area contributed by atoms with E-state index in [2.05, 4.69) is 4.74 Å². The third-order valence-electron chi connectivity index (χ3n) is 1.56. The fourth-order valence-electron chi connectivity index (χ4n) is 0.865. The maximum atomic E-state index is 11.5. The highest BCUT2D eigenvalue weighted by Crippen LogP contribution is 2.10. The molecule has 0 bridgehead atoms. The summed E-state index contributed by atoms with van der Waals surface area (Å²) in [6.07, 6.45) is -0.567. The number of ether oxygens (including phenoxy) is 2. The van der Waals surface area contributed by atoms with E-state index in [-0.39, 0.29) is 13.0 Å². The number of esters is 1. The molecule has 0 aliphatic carbocycles. The van der Waals surface area contributed by atoms with Gasteiger partial charge in [0.25, 0.3) is 0 Å². The molecule has 0 unspecified atom stereocenters. The highest BCUT2D eigenvalue weighted by atomic mass is 16.7. The van der Waals surface area contributed by atoms with Gasteiger partial charge in [0.2, 0.25) is 0 Å². The zero-order chi connectivity index (χ0) is 12.8. The first-order chi connectivity index (χ1) is 7.30. The highest BCUT2D eigenvalue weighted by molar-refractivity contribution is 5.71. The number of methoxy groups -OCH3 is 1. The second-order valence-electron chi connectivity index (χ2n) is 4.09. The lowest BCUT2D eigenvalue weighted by molar-refractivity contribution is -0.148. The first kappa shape index (κ1) is 14.7. The van der Waals surface area contributed by atoms with Crippen LogP contribution in [0.2, 0.25) is 0 Å². The summed E-state index contributed by atoms with van der Waals surface area (Å²) >= 11 is 0. The summed E-state index contributed by atoms with van der Waals surface area (Å²) in [4.78, 5) is 27.2. The van der Waals surface area contributed by atoms with Gasteiger partial charge in [0, 0.05) is 0 Å². The minimum absolute atomic E-state index is 0.0591. The van der Waals surface area contributed by atoms with Crippen LogP contribution in [-0.2, 0) is 19.1 Å². The predicted molar refractivity (Wildman–Crippen MR) is 56.6 cm³/mol. The SMILES string of the molecule is COC(=O)CCN(OC)C(=O)OC(C)(C)C. The van der Waals surface area contributed by atoms with Crippen LogP contribution < -0.4 is 0 Å². The van der Waals surface area contributed by atoms with Gasteiger partial charge in [0.1, 0.15) is 5.60 Å². The van der Waals surface area contributed by atoms with Crippen molar-refractivity contribution in [3.8, 4) is 0 Å². The third kappa shape index (κ3) is 6.23. The lowest BCUT2D eigenvalue weighted by atomic mass is 10.2. The minimum Gasteiger partial charge on any atom is -0.469 e. The molecular weight excluding hydrogens is 214 g/mol. The van der Waals surface area contributed by atoms with Gasteiger partial charge >= 0.3 is 12.1 Å². The molecule has 1 amide bonds. The molecule has 0 rings (SSSR count). The average molecular weight is 233 g/mol. The molecule has 16 heavy (non-hydrogen) atoms. The Morgan fingerprint density at radius 1 is 1.19 bits per heavy atom. The van der Waals surface area contributed by atoms with Gasteiger partial charge in [-0.25, -0.2) is 4.79 Å². The van der Waals surface area contributed by atoms with Crippen LogP contribution in [0.4, 0.5) is 4.79 Å². The largest absolute Gasteiger partial charge is 0.469 e. The van der Waals surface area contributed by atoms with Crippen LogP contribution in [0.25, 0.3) is 0 Å². The molecule has 94 valence electrons. The van der Waals surface area contributed by atoms with Crippen LogP contribution in [0.3, 0.4) is 0 Å². The summed E-state index contributed by atoms with van der Waals surface area (Å²) in [5.41, 5.74) is -0.598. The molecule has 0 saturated carbocycles. The first-order valence-corrected chi connectivity index (χ1v) is 4.91. The van der Waals surface area contributed by atoms with Crippen molar-refractivity contribution in [2.75, 3.05) is 20.8 Å². The van der Waals surface area contributed by atoms with Gasteiger partial charge in [0.15, 0.2) is 0 Å². The Morgan fingerprint density at radius 3 is 2.12 bits per heavy atom. The fourth-order valence-corrected chi connectivity index (χ4v) is 0.865. The molecule has 0 atom stereocenters. The maximum absolute atomic E-state index is 11.5. The molecule has 0 aromatic rings. The van der Waals surface area contributed by atoms with Crippen LogP contribution in [0.5, 0.6) is 0 Å². The molecule has 0 saturated heterocycles. The third-order valence-corrected chi connectivity index (χ3v) is 1.56. The number of carbonyl (C=O) groups is 2. The summed E-state index contributed by atoms with van der Waals surface area (Å²) in [5, 5.41) is 0.974. The predicted octanol–water partition coefficient (Wildman–Crippen LogP) is 1.35.